The maximum atomic E-state index is 7.43. The Bertz CT molecular complexity index is 1030. The lowest BCUT2D eigenvalue weighted by molar-refractivity contribution is 0.415. The van der Waals surface area contributed by atoms with Crippen LogP contribution in [0.4, 0.5) is 0 Å². The van der Waals surface area contributed by atoms with Crippen molar-refractivity contribution in [2.24, 2.45) is 0 Å². The molecule has 1 aromatic heterocycles. The molecule has 0 saturated heterocycles. The Morgan fingerprint density at radius 2 is 1.83 bits per heavy atom. The quantitative estimate of drug-likeness (QED) is 0.551. The summed E-state index contributed by atoms with van der Waals surface area (Å²) in [5, 5.41) is 18.2. The Morgan fingerprint density at radius 1 is 1.00 bits per heavy atom. The largest absolute Gasteiger partial charge is 0.497 e. The van der Waals surface area contributed by atoms with Gasteiger partial charge < -0.3 is 10.1 Å². The van der Waals surface area contributed by atoms with E-state index in [0.717, 1.165) is 44.2 Å². The molecule has 0 bridgehead atoms. The van der Waals surface area contributed by atoms with Crippen molar-refractivity contribution in [1.29, 1.82) is 5.41 Å². The molecule has 112 valence electrons. The molecule has 23 heavy (non-hydrogen) atoms. The second kappa shape index (κ2) is 5.25. The molecule has 0 atom stereocenters. The summed E-state index contributed by atoms with van der Waals surface area (Å²) in [6, 6.07) is 18.2. The summed E-state index contributed by atoms with van der Waals surface area (Å²) in [5.41, 5.74) is 3.79. The number of nitrogens with zero attached hydrogens (tertiary/aromatic N) is 1. The van der Waals surface area contributed by atoms with Crippen molar-refractivity contribution in [3.05, 3.63) is 60.2 Å². The molecular formula is C19H15N3O. The number of methoxy groups -OCH3 is 1. The minimum Gasteiger partial charge on any atom is -0.497 e. The number of benzene rings is 3. The fourth-order valence-corrected chi connectivity index (χ4v) is 2.84. The smallest absolute Gasteiger partial charge is 0.119 e. The number of nitrogens with one attached hydrogen (secondary N) is 2. The van der Waals surface area contributed by atoms with Gasteiger partial charge in [0, 0.05) is 17.2 Å². The van der Waals surface area contributed by atoms with Crippen LogP contribution in [0.3, 0.4) is 0 Å². The van der Waals surface area contributed by atoms with Gasteiger partial charge in [-0.1, -0.05) is 24.3 Å². The molecule has 0 aliphatic heterocycles. The maximum absolute atomic E-state index is 7.43. The zero-order chi connectivity index (χ0) is 15.8. The summed E-state index contributed by atoms with van der Waals surface area (Å²) in [6.45, 7) is 0. The molecule has 0 aliphatic carbocycles. The summed E-state index contributed by atoms with van der Waals surface area (Å²) in [4.78, 5) is 0. The molecule has 4 nitrogen and oxygen atoms in total. The summed E-state index contributed by atoms with van der Waals surface area (Å²) in [7, 11) is 1.67. The Morgan fingerprint density at radius 3 is 2.65 bits per heavy atom. The van der Waals surface area contributed by atoms with Crippen LogP contribution in [0.5, 0.6) is 5.75 Å². The van der Waals surface area contributed by atoms with E-state index in [0.29, 0.717) is 0 Å². The summed E-state index contributed by atoms with van der Waals surface area (Å²) < 4.78 is 5.27. The molecule has 4 rings (SSSR count). The Balaban J connectivity index is 1.90. The Kier molecular flexibility index (Phi) is 3.08. The average molecular weight is 301 g/mol. The Hall–Kier alpha value is -3.14. The SMILES string of the molecule is COc1ccc2cc(-c3n[nH]c4ccc(C=N)cc34)ccc2c1. The maximum Gasteiger partial charge on any atom is 0.119 e. The lowest BCUT2D eigenvalue weighted by atomic mass is 10.0. The molecule has 4 aromatic rings. The highest BCUT2D eigenvalue weighted by molar-refractivity contribution is 5.98. The summed E-state index contributed by atoms with van der Waals surface area (Å²) >= 11 is 0. The fraction of sp³-hybridized carbons (Fsp3) is 0.0526. The molecule has 0 unspecified atom stereocenters. The number of fused-ring (bicyclic) bond motifs is 2. The van der Waals surface area contributed by atoms with Gasteiger partial charge in [0.15, 0.2) is 0 Å². The molecule has 4 heteroatoms. The lowest BCUT2D eigenvalue weighted by Crippen LogP contribution is -1.84. The van der Waals surface area contributed by atoms with Gasteiger partial charge in [-0.25, -0.2) is 0 Å². The van der Waals surface area contributed by atoms with E-state index in [2.05, 4.69) is 34.5 Å². The number of hydrogen-bond acceptors (Lipinski definition) is 3. The first kappa shape index (κ1) is 13.5. The van der Waals surface area contributed by atoms with E-state index in [-0.39, 0.29) is 0 Å². The molecular weight excluding hydrogens is 286 g/mol. The van der Waals surface area contributed by atoms with Gasteiger partial charge in [0.25, 0.3) is 0 Å². The van der Waals surface area contributed by atoms with Crippen LogP contribution in [0, 0.1) is 5.41 Å². The van der Waals surface area contributed by atoms with Crippen molar-refractivity contribution in [3.63, 3.8) is 0 Å². The van der Waals surface area contributed by atoms with E-state index in [1.54, 1.807) is 7.11 Å². The number of aromatic amines is 1. The van der Waals surface area contributed by atoms with Gasteiger partial charge in [0.1, 0.15) is 5.75 Å². The zero-order valence-electron chi connectivity index (χ0n) is 12.6. The van der Waals surface area contributed by atoms with Gasteiger partial charge in [-0.3, -0.25) is 5.10 Å². The van der Waals surface area contributed by atoms with E-state index in [9.17, 15) is 0 Å². The van der Waals surface area contributed by atoms with Crippen LogP contribution in [0.15, 0.2) is 54.6 Å². The third-order valence-corrected chi connectivity index (χ3v) is 4.07. The summed E-state index contributed by atoms with van der Waals surface area (Å²) in [6.07, 6.45) is 1.35. The molecule has 0 spiro atoms. The van der Waals surface area contributed by atoms with Crippen molar-refractivity contribution in [2.45, 2.75) is 0 Å². The lowest BCUT2D eigenvalue weighted by Gasteiger charge is -2.05. The van der Waals surface area contributed by atoms with Crippen molar-refractivity contribution in [3.8, 4) is 17.0 Å². The highest BCUT2D eigenvalue weighted by Crippen LogP contribution is 2.30. The van der Waals surface area contributed by atoms with E-state index in [4.69, 9.17) is 10.1 Å². The minimum absolute atomic E-state index is 0.853. The molecule has 2 N–H and O–H groups in total. The van der Waals surface area contributed by atoms with E-state index < -0.39 is 0 Å². The molecule has 0 aliphatic rings. The highest BCUT2D eigenvalue weighted by Gasteiger charge is 2.09. The third kappa shape index (κ3) is 2.25. The van der Waals surface area contributed by atoms with Gasteiger partial charge in [-0.05, 0) is 46.7 Å². The molecule has 3 aromatic carbocycles. The number of rotatable bonds is 3. The van der Waals surface area contributed by atoms with Crippen molar-refractivity contribution < 1.29 is 4.74 Å². The average Bonchev–Trinajstić information content (AvgIpc) is 3.03. The van der Waals surface area contributed by atoms with Gasteiger partial charge in [-0.15, -0.1) is 0 Å². The zero-order valence-corrected chi connectivity index (χ0v) is 12.6. The van der Waals surface area contributed by atoms with Gasteiger partial charge in [0.05, 0.1) is 18.3 Å². The molecule has 1 heterocycles. The first-order valence-electron chi connectivity index (χ1n) is 7.35. The van der Waals surface area contributed by atoms with E-state index >= 15 is 0 Å². The predicted molar refractivity (Wildman–Crippen MR) is 93.5 cm³/mol. The first-order valence-corrected chi connectivity index (χ1v) is 7.35. The normalized spacial score (nSPS) is 11.0. The second-order valence-corrected chi connectivity index (χ2v) is 5.45. The predicted octanol–water partition coefficient (Wildman–Crippen LogP) is 4.39. The van der Waals surface area contributed by atoms with Gasteiger partial charge >= 0.3 is 0 Å². The van der Waals surface area contributed by atoms with Gasteiger partial charge in [0.2, 0.25) is 0 Å². The molecule has 0 radical (unpaired) electrons. The summed E-state index contributed by atoms with van der Waals surface area (Å²) in [5.74, 6) is 0.853. The Labute approximate surface area is 133 Å². The topological polar surface area (TPSA) is 61.8 Å². The first-order chi connectivity index (χ1) is 11.3. The van der Waals surface area contributed by atoms with Crippen LogP contribution in [-0.2, 0) is 0 Å². The molecule has 0 saturated carbocycles. The number of hydrogen-bond donors (Lipinski definition) is 2. The van der Waals surface area contributed by atoms with E-state index in [1.165, 1.54) is 6.21 Å². The number of ether oxygens (including phenoxy) is 1. The van der Waals surface area contributed by atoms with Gasteiger partial charge in [-0.2, -0.15) is 5.10 Å². The fourth-order valence-electron chi connectivity index (χ4n) is 2.84. The van der Waals surface area contributed by atoms with E-state index in [1.807, 2.05) is 30.3 Å². The standard InChI is InChI=1S/C19H15N3O/c1-23-16-6-5-13-9-15(4-3-14(13)10-16)19-17-8-12(11-20)2-7-18(17)21-22-19/h2-11,20H,1H3,(H,21,22). The molecule has 0 fully saturated rings. The van der Waals surface area contributed by atoms with Crippen LogP contribution in [-0.4, -0.2) is 23.5 Å². The van der Waals surface area contributed by atoms with Crippen LogP contribution in [0.2, 0.25) is 0 Å². The minimum atomic E-state index is 0.853. The van der Waals surface area contributed by atoms with Crippen molar-refractivity contribution in [1.82, 2.24) is 10.2 Å². The molecule has 0 amide bonds. The number of H-pyrrole nitrogens is 1. The van der Waals surface area contributed by atoms with Crippen LogP contribution < -0.4 is 4.74 Å². The van der Waals surface area contributed by atoms with Crippen LogP contribution >= 0.6 is 0 Å². The highest BCUT2D eigenvalue weighted by atomic mass is 16.5. The monoisotopic (exact) mass is 301 g/mol. The third-order valence-electron chi connectivity index (χ3n) is 4.07. The van der Waals surface area contributed by atoms with Crippen LogP contribution in [0.25, 0.3) is 32.9 Å². The number of aromatic nitrogens is 2. The van der Waals surface area contributed by atoms with Crippen molar-refractivity contribution >= 4 is 27.9 Å². The second-order valence-electron chi connectivity index (χ2n) is 5.45. The van der Waals surface area contributed by atoms with Crippen molar-refractivity contribution in [2.75, 3.05) is 7.11 Å². The van der Waals surface area contributed by atoms with Crippen LogP contribution in [0.1, 0.15) is 5.56 Å².